The quantitative estimate of drug-likeness (QED) is 0.710. The third-order valence-corrected chi connectivity index (χ3v) is 6.27. The molecule has 1 fully saturated rings. The molecule has 28 heavy (non-hydrogen) atoms. The van der Waals surface area contributed by atoms with Gasteiger partial charge in [0.1, 0.15) is 0 Å². The van der Waals surface area contributed by atoms with Crippen LogP contribution in [0, 0.1) is 0 Å². The van der Waals surface area contributed by atoms with Gasteiger partial charge < -0.3 is 10.1 Å². The molecule has 2 aromatic rings. The van der Waals surface area contributed by atoms with Gasteiger partial charge in [-0.15, -0.1) is 0 Å². The third-order valence-electron chi connectivity index (χ3n) is 4.83. The summed E-state index contributed by atoms with van der Waals surface area (Å²) in [6.07, 6.45) is 2.13. The van der Waals surface area contributed by atoms with E-state index in [4.69, 9.17) is 4.74 Å². The van der Waals surface area contributed by atoms with Gasteiger partial charge in [0.15, 0.2) is 0 Å². The molecule has 2 aromatic carbocycles. The van der Waals surface area contributed by atoms with E-state index >= 15 is 0 Å². The normalized spacial score (nSPS) is 18.0. The van der Waals surface area contributed by atoms with Crippen LogP contribution in [0.3, 0.4) is 0 Å². The van der Waals surface area contributed by atoms with Crippen molar-refractivity contribution < 1.29 is 17.9 Å². The second kappa shape index (κ2) is 9.32. The highest BCUT2D eigenvalue weighted by Crippen LogP contribution is 2.20. The van der Waals surface area contributed by atoms with Gasteiger partial charge >= 0.3 is 0 Å². The number of rotatable bonds is 8. The van der Waals surface area contributed by atoms with Crippen molar-refractivity contribution in [2.45, 2.75) is 43.1 Å². The first-order valence-corrected chi connectivity index (χ1v) is 11.0. The topological polar surface area (TPSA) is 84.5 Å². The lowest BCUT2D eigenvalue weighted by atomic mass is 9.97. The lowest BCUT2D eigenvalue weighted by Crippen LogP contribution is -2.31. The molecule has 0 aliphatic carbocycles. The van der Waals surface area contributed by atoms with Gasteiger partial charge in [-0.2, -0.15) is 0 Å². The number of ether oxygens (including phenoxy) is 1. The van der Waals surface area contributed by atoms with Crippen molar-refractivity contribution in [3.63, 3.8) is 0 Å². The van der Waals surface area contributed by atoms with Gasteiger partial charge in [0.2, 0.25) is 15.9 Å². The van der Waals surface area contributed by atoms with Crippen molar-refractivity contribution in [3.05, 3.63) is 60.2 Å². The second-order valence-corrected chi connectivity index (χ2v) is 8.84. The number of carbonyl (C=O) groups excluding carboxylic acids is 1. The average molecular weight is 403 g/mol. The molecule has 1 saturated heterocycles. The molecule has 3 rings (SSSR count). The zero-order chi connectivity index (χ0) is 20.0. The number of sulfonamides is 1. The molecule has 0 bridgehead atoms. The molecule has 1 aliphatic rings. The fourth-order valence-corrected chi connectivity index (χ4v) is 4.26. The minimum Gasteiger partial charge on any atom is -0.377 e. The van der Waals surface area contributed by atoms with Gasteiger partial charge in [0, 0.05) is 25.3 Å². The third kappa shape index (κ3) is 5.64. The van der Waals surface area contributed by atoms with Crippen LogP contribution in [0.15, 0.2) is 59.5 Å². The summed E-state index contributed by atoms with van der Waals surface area (Å²) in [4.78, 5) is 12.4. The molecular weight excluding hydrogens is 376 g/mol. The molecule has 6 nitrogen and oxygen atoms in total. The summed E-state index contributed by atoms with van der Waals surface area (Å²) >= 11 is 0. The van der Waals surface area contributed by atoms with Crippen molar-refractivity contribution in [1.29, 1.82) is 0 Å². The summed E-state index contributed by atoms with van der Waals surface area (Å²) < 4.78 is 32.8. The van der Waals surface area contributed by atoms with Gasteiger partial charge in [-0.25, -0.2) is 13.1 Å². The van der Waals surface area contributed by atoms with Crippen LogP contribution in [0.4, 0.5) is 5.69 Å². The highest BCUT2D eigenvalue weighted by atomic mass is 32.2. The Morgan fingerprint density at radius 2 is 1.86 bits per heavy atom. The Kier molecular flexibility index (Phi) is 6.83. The van der Waals surface area contributed by atoms with Crippen LogP contribution in [0.2, 0.25) is 0 Å². The summed E-state index contributed by atoms with van der Waals surface area (Å²) in [5.41, 5.74) is 1.68. The van der Waals surface area contributed by atoms with Gasteiger partial charge in [0.05, 0.1) is 11.0 Å². The van der Waals surface area contributed by atoms with Crippen LogP contribution >= 0.6 is 0 Å². The maximum absolute atomic E-state index is 12.4. The zero-order valence-electron chi connectivity index (χ0n) is 15.9. The molecule has 0 spiro atoms. The Hall–Kier alpha value is -2.22. The minimum absolute atomic E-state index is 0.0556. The molecule has 0 radical (unpaired) electrons. The Morgan fingerprint density at radius 1 is 1.14 bits per heavy atom. The van der Waals surface area contributed by atoms with Crippen LogP contribution in [0.1, 0.15) is 37.7 Å². The predicted molar refractivity (Wildman–Crippen MR) is 109 cm³/mol. The standard InChI is InChI=1S/C21H26N2O4S/c1-16(17-6-3-2-4-7-17)14-21(24)23-18-9-11-20(12-10-18)28(25,26)22-15-19-8-5-13-27-19/h2-4,6-7,9-12,16,19,22H,5,8,13-15H2,1H3,(H,23,24)/t16-,19+/m1/s1. The van der Waals surface area contributed by atoms with Crippen molar-refractivity contribution in [3.8, 4) is 0 Å². The molecule has 150 valence electrons. The van der Waals surface area contributed by atoms with E-state index in [1.807, 2.05) is 37.3 Å². The molecule has 0 unspecified atom stereocenters. The van der Waals surface area contributed by atoms with Crippen molar-refractivity contribution in [1.82, 2.24) is 4.72 Å². The average Bonchev–Trinajstić information content (AvgIpc) is 3.21. The molecule has 2 N–H and O–H groups in total. The fraction of sp³-hybridized carbons (Fsp3) is 0.381. The number of amides is 1. The van der Waals surface area contributed by atoms with E-state index in [1.54, 1.807) is 12.1 Å². The molecular formula is C21H26N2O4S. The Labute approximate surface area is 166 Å². The fourth-order valence-electron chi connectivity index (χ4n) is 3.20. The predicted octanol–water partition coefficient (Wildman–Crippen LogP) is 3.28. The number of hydrogen-bond acceptors (Lipinski definition) is 4. The van der Waals surface area contributed by atoms with Crippen molar-refractivity contribution in [2.75, 3.05) is 18.5 Å². The van der Waals surface area contributed by atoms with Crippen LogP contribution in [0.25, 0.3) is 0 Å². The highest BCUT2D eigenvalue weighted by molar-refractivity contribution is 7.89. The number of hydrogen-bond donors (Lipinski definition) is 2. The SMILES string of the molecule is C[C@H](CC(=O)Nc1ccc(S(=O)(=O)NC[C@@H]2CCCO2)cc1)c1ccccc1. The number of anilines is 1. The maximum atomic E-state index is 12.4. The Morgan fingerprint density at radius 3 is 2.50 bits per heavy atom. The van der Waals surface area contributed by atoms with Crippen molar-refractivity contribution >= 4 is 21.6 Å². The van der Waals surface area contributed by atoms with Gasteiger partial charge in [-0.1, -0.05) is 37.3 Å². The smallest absolute Gasteiger partial charge is 0.240 e. The molecule has 2 atom stereocenters. The van der Waals surface area contributed by atoms with E-state index in [1.165, 1.54) is 12.1 Å². The van der Waals surface area contributed by atoms with Gasteiger partial charge in [-0.3, -0.25) is 4.79 Å². The van der Waals surface area contributed by atoms with E-state index in [0.717, 1.165) is 18.4 Å². The lowest BCUT2D eigenvalue weighted by molar-refractivity contribution is -0.116. The lowest BCUT2D eigenvalue weighted by Gasteiger charge is -2.13. The molecule has 0 saturated carbocycles. The number of carbonyl (C=O) groups is 1. The van der Waals surface area contributed by atoms with E-state index in [2.05, 4.69) is 10.0 Å². The first-order valence-electron chi connectivity index (χ1n) is 9.50. The van der Waals surface area contributed by atoms with E-state index in [-0.39, 0.29) is 29.4 Å². The van der Waals surface area contributed by atoms with E-state index in [0.29, 0.717) is 18.7 Å². The highest BCUT2D eigenvalue weighted by Gasteiger charge is 2.20. The molecule has 1 heterocycles. The van der Waals surface area contributed by atoms with E-state index in [9.17, 15) is 13.2 Å². The Balaban J connectivity index is 1.54. The first-order chi connectivity index (χ1) is 13.4. The molecule has 0 aromatic heterocycles. The van der Waals surface area contributed by atoms with Gasteiger partial charge in [0.25, 0.3) is 0 Å². The zero-order valence-corrected chi connectivity index (χ0v) is 16.7. The largest absolute Gasteiger partial charge is 0.377 e. The van der Waals surface area contributed by atoms with Crippen molar-refractivity contribution in [2.24, 2.45) is 0 Å². The second-order valence-electron chi connectivity index (χ2n) is 7.08. The summed E-state index contributed by atoms with van der Waals surface area (Å²) in [7, 11) is -3.59. The van der Waals surface area contributed by atoms with Crippen LogP contribution in [-0.2, 0) is 19.6 Å². The summed E-state index contributed by atoms with van der Waals surface area (Å²) in [5.74, 6) is -0.00803. The maximum Gasteiger partial charge on any atom is 0.240 e. The molecule has 1 amide bonds. The van der Waals surface area contributed by atoms with Crippen LogP contribution < -0.4 is 10.0 Å². The summed E-state index contributed by atoms with van der Waals surface area (Å²) in [6.45, 7) is 2.96. The van der Waals surface area contributed by atoms with Gasteiger partial charge in [-0.05, 0) is 48.6 Å². The summed E-state index contributed by atoms with van der Waals surface area (Å²) in [5, 5.41) is 2.82. The van der Waals surface area contributed by atoms with Crippen LogP contribution in [-0.4, -0.2) is 33.6 Å². The summed E-state index contributed by atoms with van der Waals surface area (Å²) in [6, 6.07) is 16.1. The monoisotopic (exact) mass is 402 g/mol. The minimum atomic E-state index is -3.59. The number of benzene rings is 2. The molecule has 1 aliphatic heterocycles. The number of nitrogens with one attached hydrogen (secondary N) is 2. The Bertz CT molecular complexity index is 876. The first kappa shape index (κ1) is 20.5. The van der Waals surface area contributed by atoms with E-state index < -0.39 is 10.0 Å². The molecule has 7 heteroatoms. The van der Waals surface area contributed by atoms with Crippen LogP contribution in [0.5, 0.6) is 0 Å².